The number of rotatable bonds is 17. The van der Waals surface area contributed by atoms with Crippen molar-refractivity contribution in [2.24, 2.45) is 0 Å². The summed E-state index contributed by atoms with van der Waals surface area (Å²) in [6, 6.07) is 10.7. The van der Waals surface area contributed by atoms with Crippen molar-refractivity contribution in [1.82, 2.24) is 34.5 Å². The van der Waals surface area contributed by atoms with Crippen LogP contribution in [0.25, 0.3) is 22.3 Å². The molecular formula is C41H43F2N9O8S. The first-order valence-corrected chi connectivity index (χ1v) is 20.9. The van der Waals surface area contributed by atoms with Crippen LogP contribution < -0.4 is 20.7 Å². The van der Waals surface area contributed by atoms with Gasteiger partial charge in [0.25, 0.3) is 11.8 Å². The lowest BCUT2D eigenvalue weighted by Gasteiger charge is -2.27. The Balaban J connectivity index is 0.829. The lowest BCUT2D eigenvalue weighted by atomic mass is 10.0. The molecule has 20 heteroatoms. The fraction of sp³-hybridized carbons (Fsp3) is 0.341. The van der Waals surface area contributed by atoms with Crippen LogP contribution in [0.2, 0.25) is 0 Å². The number of aryl methyl sites for hydroxylation is 2. The van der Waals surface area contributed by atoms with Crippen LogP contribution in [0, 0.1) is 25.5 Å². The summed E-state index contributed by atoms with van der Waals surface area (Å²) < 4.78 is 71.2. The number of halogens is 2. The van der Waals surface area contributed by atoms with Crippen molar-refractivity contribution in [3.8, 4) is 11.3 Å². The molecule has 4 amide bonds. The second-order valence-corrected chi connectivity index (χ2v) is 16.5. The average molecular weight is 860 g/mol. The smallest absolute Gasteiger partial charge is 0.262 e. The van der Waals surface area contributed by atoms with Crippen LogP contribution in [0.1, 0.15) is 64.8 Å². The molecule has 2 aromatic heterocycles. The second kappa shape index (κ2) is 17.8. The number of imide groups is 2. The SMILES string of the molecule is Cc1cc(-c2nc(Nc3ccc(S(=O)(=O)NCCOCCOCCNc4cc5c(cc4F)C(=O)N(C4CCC(=O)NC4=O)C5=O)cc3)ncc2F)cc2c1nc(C)n2C(C)C. The predicted molar refractivity (Wildman–Crippen MR) is 219 cm³/mol. The molecule has 2 aliphatic heterocycles. The minimum atomic E-state index is -3.88. The number of aromatic nitrogens is 4. The van der Waals surface area contributed by atoms with Crippen molar-refractivity contribution in [3.63, 3.8) is 0 Å². The van der Waals surface area contributed by atoms with Crippen LogP contribution >= 0.6 is 0 Å². The zero-order chi connectivity index (χ0) is 43.6. The molecular weight excluding hydrogens is 817 g/mol. The van der Waals surface area contributed by atoms with Crippen molar-refractivity contribution in [1.29, 1.82) is 0 Å². The molecule has 7 rings (SSSR count). The fourth-order valence-electron chi connectivity index (χ4n) is 7.28. The summed E-state index contributed by atoms with van der Waals surface area (Å²) in [6.07, 6.45) is 1.04. The lowest BCUT2D eigenvalue weighted by molar-refractivity contribution is -0.136. The van der Waals surface area contributed by atoms with Crippen LogP contribution in [-0.2, 0) is 29.1 Å². The van der Waals surface area contributed by atoms with Crippen molar-refractivity contribution in [2.45, 2.75) is 57.5 Å². The summed E-state index contributed by atoms with van der Waals surface area (Å²) in [5, 5.41) is 7.94. The molecule has 1 unspecified atom stereocenters. The lowest BCUT2D eigenvalue weighted by Crippen LogP contribution is -2.54. The Morgan fingerprint density at radius 2 is 1.57 bits per heavy atom. The predicted octanol–water partition coefficient (Wildman–Crippen LogP) is 4.54. The highest BCUT2D eigenvalue weighted by atomic mass is 32.2. The molecule has 0 bridgehead atoms. The number of fused-ring (bicyclic) bond motifs is 2. The van der Waals surface area contributed by atoms with Crippen LogP contribution in [-0.4, -0.2) is 102 Å². The van der Waals surface area contributed by atoms with Gasteiger partial charge >= 0.3 is 0 Å². The fourth-order valence-corrected chi connectivity index (χ4v) is 8.30. The quantitative estimate of drug-likeness (QED) is 0.0748. The molecule has 61 heavy (non-hydrogen) atoms. The molecule has 320 valence electrons. The molecule has 1 atom stereocenters. The van der Waals surface area contributed by atoms with Crippen LogP contribution in [0.3, 0.4) is 0 Å². The Morgan fingerprint density at radius 3 is 2.26 bits per heavy atom. The van der Waals surface area contributed by atoms with E-state index in [-0.39, 0.29) is 91.8 Å². The molecule has 4 heterocycles. The molecule has 17 nitrogen and oxygen atoms in total. The number of anilines is 3. The molecule has 5 aromatic rings. The van der Waals surface area contributed by atoms with Gasteiger partial charge in [0.15, 0.2) is 5.82 Å². The summed E-state index contributed by atoms with van der Waals surface area (Å²) in [4.78, 5) is 63.6. The first-order chi connectivity index (χ1) is 29.1. The minimum absolute atomic E-state index is 0.0119. The molecule has 0 radical (unpaired) electrons. The van der Waals surface area contributed by atoms with Crippen molar-refractivity contribution < 1.29 is 45.9 Å². The Bertz CT molecular complexity index is 2660. The van der Waals surface area contributed by atoms with Crippen LogP contribution in [0.4, 0.5) is 26.1 Å². The Kier molecular flexibility index (Phi) is 12.5. The van der Waals surface area contributed by atoms with Gasteiger partial charge in [-0.05, 0) is 88.2 Å². The van der Waals surface area contributed by atoms with Crippen molar-refractivity contribution >= 4 is 62.0 Å². The number of nitrogens with zero attached hydrogens (tertiary/aromatic N) is 5. The van der Waals surface area contributed by atoms with E-state index >= 15 is 4.39 Å². The normalized spacial score (nSPS) is 15.5. The number of amides is 4. The van der Waals surface area contributed by atoms with Gasteiger partial charge in [0.1, 0.15) is 23.4 Å². The van der Waals surface area contributed by atoms with Gasteiger partial charge < -0.3 is 24.7 Å². The molecule has 4 N–H and O–H groups in total. The van der Waals surface area contributed by atoms with Gasteiger partial charge in [0.2, 0.25) is 27.8 Å². The Hall–Kier alpha value is -6.22. The zero-order valence-corrected chi connectivity index (χ0v) is 34.5. The van der Waals surface area contributed by atoms with Crippen LogP contribution in [0.15, 0.2) is 59.6 Å². The first-order valence-electron chi connectivity index (χ1n) is 19.5. The summed E-state index contributed by atoms with van der Waals surface area (Å²) in [7, 11) is -3.88. The number of hydrogen-bond donors (Lipinski definition) is 4. The highest BCUT2D eigenvalue weighted by Crippen LogP contribution is 2.33. The maximum atomic E-state index is 15.1. The maximum Gasteiger partial charge on any atom is 0.262 e. The van der Waals surface area contributed by atoms with E-state index in [2.05, 4.69) is 49.1 Å². The van der Waals surface area contributed by atoms with Crippen molar-refractivity contribution in [3.05, 3.63) is 88.9 Å². The van der Waals surface area contributed by atoms with Gasteiger partial charge in [-0.25, -0.2) is 36.9 Å². The van der Waals surface area contributed by atoms with E-state index in [0.717, 1.165) is 39.6 Å². The zero-order valence-electron chi connectivity index (χ0n) is 33.7. The highest BCUT2D eigenvalue weighted by Gasteiger charge is 2.45. The number of sulfonamides is 1. The number of carbonyl (C=O) groups is 4. The van der Waals surface area contributed by atoms with E-state index in [0.29, 0.717) is 11.3 Å². The standard InChI is InChI=1S/C41H43F2N9O8S/c1-22(2)51-24(4)47-36-23(3)17-25(18-34(36)51)37-31(43)21-45-41(50-37)48-26-5-7-27(8-6-26)61(57,58)46-12-14-60-16-15-59-13-11-44-32-20-29-28(19-30(32)42)39(55)52(40(29)56)33-9-10-35(53)49-38(33)54/h5-8,17-22,33,44,46H,9-16H2,1-4H3,(H,45,48,50)(H,49,53,54). The number of piperidine rings is 1. The third-order valence-corrected chi connectivity index (χ3v) is 11.6. The number of ether oxygens (including phenoxy) is 2. The van der Waals surface area contributed by atoms with Gasteiger partial charge in [-0.2, -0.15) is 0 Å². The highest BCUT2D eigenvalue weighted by molar-refractivity contribution is 7.89. The molecule has 0 spiro atoms. The largest absolute Gasteiger partial charge is 0.380 e. The molecule has 3 aromatic carbocycles. The number of imidazole rings is 1. The summed E-state index contributed by atoms with van der Waals surface area (Å²) in [5.74, 6) is -3.20. The molecule has 1 saturated heterocycles. The minimum Gasteiger partial charge on any atom is -0.380 e. The van der Waals surface area contributed by atoms with E-state index in [4.69, 9.17) is 14.5 Å². The molecule has 0 saturated carbocycles. The summed E-state index contributed by atoms with van der Waals surface area (Å²) in [5.41, 5.74) is 3.50. The Morgan fingerprint density at radius 1 is 0.885 bits per heavy atom. The van der Waals surface area contributed by atoms with Gasteiger partial charge in [-0.15, -0.1) is 0 Å². The monoisotopic (exact) mass is 859 g/mol. The Labute approximate surface area is 349 Å². The molecule has 1 fully saturated rings. The third kappa shape index (κ3) is 9.11. The van der Waals surface area contributed by atoms with E-state index in [1.54, 1.807) is 12.1 Å². The summed E-state index contributed by atoms with van der Waals surface area (Å²) >= 11 is 0. The van der Waals surface area contributed by atoms with E-state index in [1.807, 2.05) is 26.0 Å². The maximum absolute atomic E-state index is 15.1. The van der Waals surface area contributed by atoms with Crippen molar-refractivity contribution in [2.75, 3.05) is 50.2 Å². The van der Waals surface area contributed by atoms with Gasteiger partial charge in [-0.3, -0.25) is 29.4 Å². The molecule has 0 aliphatic carbocycles. The third-order valence-electron chi connectivity index (χ3n) is 10.1. The van der Waals surface area contributed by atoms with Crippen LogP contribution in [0.5, 0.6) is 0 Å². The number of nitrogens with one attached hydrogen (secondary N) is 4. The second-order valence-electron chi connectivity index (χ2n) is 14.7. The topological polar surface area (TPSA) is 216 Å². The first kappa shape index (κ1) is 42.9. The number of carbonyl (C=O) groups excluding carboxylic acids is 4. The van der Waals surface area contributed by atoms with E-state index in [1.165, 1.54) is 18.2 Å². The summed E-state index contributed by atoms with van der Waals surface area (Å²) in [6.45, 7) is 8.57. The number of benzene rings is 3. The van der Waals surface area contributed by atoms with Gasteiger partial charge in [-0.1, -0.05) is 0 Å². The molecule has 2 aliphatic rings. The van der Waals surface area contributed by atoms with Gasteiger partial charge in [0.05, 0.1) is 65.4 Å². The van der Waals surface area contributed by atoms with Gasteiger partial charge in [0, 0.05) is 36.8 Å². The van der Waals surface area contributed by atoms with E-state index < -0.39 is 51.3 Å². The number of hydrogen-bond acceptors (Lipinski definition) is 13. The average Bonchev–Trinajstić information content (AvgIpc) is 3.68. The van der Waals surface area contributed by atoms with E-state index in [9.17, 15) is 32.0 Å².